The number of ether oxygens (including phenoxy) is 2. The van der Waals surface area contributed by atoms with Gasteiger partial charge in [-0.1, -0.05) is 129 Å². The van der Waals surface area contributed by atoms with Gasteiger partial charge in [0.1, 0.15) is 19.8 Å². The number of hydrogen-bond acceptors (Lipinski definition) is 8. The zero-order valence-electron chi connectivity index (χ0n) is 31.0. The molecule has 0 aromatic heterocycles. The molecule has 9 nitrogen and oxygen atoms in total. The maximum absolute atomic E-state index is 12.6. The Hall–Kier alpha value is -1.25. The second kappa shape index (κ2) is 30.8. The maximum atomic E-state index is 12.6. The fourth-order valence-corrected chi connectivity index (χ4v) is 5.72. The monoisotopic (exact) mass is 689 g/mol. The molecule has 0 bridgehead atoms. The van der Waals surface area contributed by atoms with E-state index in [9.17, 15) is 19.0 Å². The topological polar surface area (TPSA) is 111 Å². The minimum atomic E-state index is -4.61. The third-order valence-corrected chi connectivity index (χ3v) is 9.00. The Kier molecular flexibility index (Phi) is 30.0. The molecule has 2 atom stereocenters. The summed E-state index contributed by atoms with van der Waals surface area (Å²) in [5.74, 6) is -0.844. The third kappa shape index (κ3) is 34.4. The van der Waals surface area contributed by atoms with Crippen LogP contribution in [0.3, 0.4) is 0 Å². The molecule has 0 radical (unpaired) electrons. The Morgan fingerprint density at radius 2 is 1.11 bits per heavy atom. The first-order valence-electron chi connectivity index (χ1n) is 18.9. The summed E-state index contributed by atoms with van der Waals surface area (Å²) in [6.45, 7) is 4.16. The number of esters is 2. The van der Waals surface area contributed by atoms with Gasteiger partial charge in [-0.3, -0.25) is 14.2 Å². The van der Waals surface area contributed by atoms with E-state index in [0.29, 0.717) is 17.4 Å². The van der Waals surface area contributed by atoms with Crippen molar-refractivity contribution in [2.45, 2.75) is 168 Å². The minimum Gasteiger partial charge on any atom is -0.756 e. The largest absolute Gasteiger partial charge is 0.756 e. The first kappa shape index (κ1) is 45.8. The molecule has 0 heterocycles. The van der Waals surface area contributed by atoms with Crippen LogP contribution in [0.5, 0.6) is 0 Å². The van der Waals surface area contributed by atoms with E-state index in [0.717, 1.165) is 57.8 Å². The van der Waals surface area contributed by atoms with E-state index in [-0.39, 0.29) is 32.0 Å². The van der Waals surface area contributed by atoms with Crippen LogP contribution in [0.4, 0.5) is 0 Å². The average molecular weight is 690 g/mol. The molecule has 0 saturated carbocycles. The highest BCUT2D eigenvalue weighted by Crippen LogP contribution is 2.38. The molecule has 0 saturated heterocycles. The summed E-state index contributed by atoms with van der Waals surface area (Å²) < 4.78 is 33.7. The van der Waals surface area contributed by atoms with Crippen molar-refractivity contribution in [3.05, 3.63) is 12.2 Å². The van der Waals surface area contributed by atoms with Gasteiger partial charge in [0, 0.05) is 12.8 Å². The van der Waals surface area contributed by atoms with E-state index in [4.69, 9.17) is 18.5 Å². The van der Waals surface area contributed by atoms with Gasteiger partial charge in [-0.25, -0.2) is 0 Å². The predicted molar refractivity (Wildman–Crippen MR) is 190 cm³/mol. The number of nitrogens with zero attached hydrogens (tertiary/aromatic N) is 1. The molecule has 0 aliphatic carbocycles. The number of carbonyl (C=O) groups is 2. The van der Waals surface area contributed by atoms with Crippen LogP contribution in [0.1, 0.15) is 162 Å². The lowest BCUT2D eigenvalue weighted by Crippen LogP contribution is -2.37. The molecular weight excluding hydrogens is 617 g/mol. The smallest absolute Gasteiger partial charge is 0.306 e. The highest BCUT2D eigenvalue weighted by molar-refractivity contribution is 7.45. The van der Waals surface area contributed by atoms with Gasteiger partial charge in [0.15, 0.2) is 6.10 Å². The van der Waals surface area contributed by atoms with Crippen LogP contribution in [-0.2, 0) is 32.7 Å². The van der Waals surface area contributed by atoms with Crippen molar-refractivity contribution in [2.75, 3.05) is 47.5 Å². The fourth-order valence-electron chi connectivity index (χ4n) is 4.99. The Morgan fingerprint density at radius 1 is 0.638 bits per heavy atom. The third-order valence-electron chi connectivity index (χ3n) is 8.04. The van der Waals surface area contributed by atoms with Gasteiger partial charge in [0.25, 0.3) is 7.82 Å². The summed E-state index contributed by atoms with van der Waals surface area (Å²) in [7, 11) is 1.16. The number of phosphoric acid groups is 1. The molecule has 0 spiro atoms. The van der Waals surface area contributed by atoms with E-state index < -0.39 is 26.5 Å². The van der Waals surface area contributed by atoms with Crippen molar-refractivity contribution in [2.24, 2.45) is 0 Å². The van der Waals surface area contributed by atoms with Gasteiger partial charge >= 0.3 is 11.9 Å². The number of hydrogen-bond donors (Lipinski definition) is 0. The molecule has 10 heteroatoms. The molecule has 0 aliphatic heterocycles. The van der Waals surface area contributed by atoms with Crippen molar-refractivity contribution in [1.82, 2.24) is 0 Å². The molecule has 0 aromatic rings. The molecule has 1 unspecified atom stereocenters. The zero-order chi connectivity index (χ0) is 35.1. The lowest BCUT2D eigenvalue weighted by molar-refractivity contribution is -0.870. The molecule has 47 heavy (non-hydrogen) atoms. The van der Waals surface area contributed by atoms with Crippen molar-refractivity contribution >= 4 is 19.8 Å². The summed E-state index contributed by atoms with van der Waals surface area (Å²) in [5, 5.41) is 0. The Bertz CT molecular complexity index is 830. The van der Waals surface area contributed by atoms with E-state index in [1.807, 2.05) is 21.1 Å². The molecule has 0 rings (SSSR count). The number of unbranched alkanes of at least 4 members (excludes halogenated alkanes) is 18. The lowest BCUT2D eigenvalue weighted by Gasteiger charge is -2.28. The van der Waals surface area contributed by atoms with Crippen molar-refractivity contribution in [3.8, 4) is 0 Å². The van der Waals surface area contributed by atoms with Crippen LogP contribution in [0, 0.1) is 0 Å². The van der Waals surface area contributed by atoms with Crippen molar-refractivity contribution in [3.63, 3.8) is 0 Å². The Morgan fingerprint density at radius 3 is 1.64 bits per heavy atom. The first-order valence-corrected chi connectivity index (χ1v) is 20.4. The molecule has 0 N–H and O–H groups in total. The lowest BCUT2D eigenvalue weighted by atomic mass is 10.0. The number of phosphoric ester groups is 1. The second-order valence-corrected chi connectivity index (χ2v) is 15.4. The number of likely N-dealkylation sites (N-methyl/N-ethyl adjacent to an activating group) is 1. The van der Waals surface area contributed by atoms with Gasteiger partial charge in [0.05, 0.1) is 27.7 Å². The summed E-state index contributed by atoms with van der Waals surface area (Å²) in [5.41, 5.74) is 0. The molecule has 0 aromatic carbocycles. The number of rotatable bonds is 34. The van der Waals surface area contributed by atoms with Crippen LogP contribution in [0.2, 0.25) is 0 Å². The van der Waals surface area contributed by atoms with Crippen molar-refractivity contribution < 1.29 is 42.1 Å². The van der Waals surface area contributed by atoms with Crippen LogP contribution in [0.15, 0.2) is 12.2 Å². The zero-order valence-corrected chi connectivity index (χ0v) is 31.9. The predicted octanol–water partition coefficient (Wildman–Crippen LogP) is 9.22. The van der Waals surface area contributed by atoms with Crippen molar-refractivity contribution in [1.29, 1.82) is 0 Å². The number of allylic oxidation sites excluding steroid dienone is 2. The quantitative estimate of drug-likeness (QED) is 0.0216. The minimum absolute atomic E-state index is 0.0299. The van der Waals surface area contributed by atoms with E-state index in [1.165, 1.54) is 70.6 Å². The standard InChI is InChI=1S/C37H72NO8P/c1-6-8-10-12-14-16-18-20-21-23-25-27-29-36(39)43-33-35(34-45-47(41,42)44-32-31-38(3,4)5)46-37(40)30-28-26-24-22-19-17-15-13-11-9-7-2/h13,15,35H,6-12,14,16-34H2,1-5H3/b15-13-/t35-/m1/s1. The summed E-state index contributed by atoms with van der Waals surface area (Å²) in [6.07, 6.45) is 28.1. The first-order chi connectivity index (χ1) is 22.5. The van der Waals surface area contributed by atoms with Crippen LogP contribution in [-0.4, -0.2) is 70.0 Å². The van der Waals surface area contributed by atoms with E-state index in [2.05, 4.69) is 26.0 Å². The molecule has 0 aliphatic rings. The van der Waals surface area contributed by atoms with E-state index >= 15 is 0 Å². The van der Waals surface area contributed by atoms with Crippen LogP contribution < -0.4 is 4.89 Å². The fraction of sp³-hybridized carbons (Fsp3) is 0.892. The molecule has 0 amide bonds. The van der Waals surface area contributed by atoms with E-state index in [1.54, 1.807) is 0 Å². The van der Waals surface area contributed by atoms with Crippen LogP contribution >= 0.6 is 7.82 Å². The Labute approximate surface area is 288 Å². The van der Waals surface area contributed by atoms with Gasteiger partial charge in [-0.05, 0) is 32.1 Å². The molecule has 0 fully saturated rings. The van der Waals surface area contributed by atoms with Gasteiger partial charge in [0.2, 0.25) is 0 Å². The molecule has 278 valence electrons. The summed E-state index contributed by atoms with van der Waals surface area (Å²) >= 11 is 0. The van der Waals surface area contributed by atoms with Crippen LogP contribution in [0.25, 0.3) is 0 Å². The highest BCUT2D eigenvalue weighted by atomic mass is 31.2. The summed E-state index contributed by atoms with van der Waals surface area (Å²) in [4.78, 5) is 37.2. The summed E-state index contributed by atoms with van der Waals surface area (Å²) in [6, 6.07) is 0. The normalized spacial score (nSPS) is 13.9. The number of quaternary nitrogens is 1. The van der Waals surface area contributed by atoms with Gasteiger partial charge in [-0.2, -0.15) is 0 Å². The SMILES string of the molecule is CCCC/C=C\CCCCCCCC(=O)O[C@H](COC(=O)CCCCCCCCCCCCCC)COP(=O)([O-])OCC[N+](C)(C)C. The number of carbonyl (C=O) groups excluding carboxylic acids is 2. The van der Waals surface area contributed by atoms with Gasteiger partial charge in [-0.15, -0.1) is 0 Å². The second-order valence-electron chi connectivity index (χ2n) is 13.9. The Balaban J connectivity index is 4.45. The average Bonchev–Trinajstić information content (AvgIpc) is 3.01. The molecular formula is C37H72NO8P. The van der Waals surface area contributed by atoms with Gasteiger partial charge < -0.3 is 27.9 Å². The highest BCUT2D eigenvalue weighted by Gasteiger charge is 2.21. The maximum Gasteiger partial charge on any atom is 0.306 e.